The van der Waals surface area contributed by atoms with Crippen molar-refractivity contribution in [3.63, 3.8) is 0 Å². The molecule has 0 radical (unpaired) electrons. The van der Waals surface area contributed by atoms with Crippen LogP contribution >= 0.6 is 0 Å². The summed E-state index contributed by atoms with van der Waals surface area (Å²) < 4.78 is 1.95. The molecule has 130 valence electrons. The van der Waals surface area contributed by atoms with Crippen LogP contribution in [-0.4, -0.2) is 15.6 Å². The lowest BCUT2D eigenvalue weighted by atomic mass is 9.65. The second-order valence-corrected chi connectivity index (χ2v) is 7.45. The smallest absolute Gasteiger partial charge is 0.231 e. The average molecular weight is 343 g/mol. The number of allylic oxidation sites excluding steroid dienone is 3. The Kier molecular flexibility index (Phi) is 3.52. The number of hydrogen-bond acceptors (Lipinski definition) is 2. The summed E-state index contributed by atoms with van der Waals surface area (Å²) in [5.41, 5.74) is 7.28. The van der Waals surface area contributed by atoms with Crippen LogP contribution in [-0.2, 0) is 23.7 Å². The molecule has 26 heavy (non-hydrogen) atoms. The van der Waals surface area contributed by atoms with Crippen molar-refractivity contribution in [1.82, 2.24) is 9.78 Å². The third-order valence-corrected chi connectivity index (χ3v) is 5.75. The van der Waals surface area contributed by atoms with Crippen molar-refractivity contribution in [1.29, 1.82) is 0 Å². The Morgan fingerprint density at radius 3 is 2.73 bits per heavy atom. The fraction of sp³-hybridized carbons (Fsp3) is 0.318. The first-order chi connectivity index (χ1) is 12.4. The predicted octanol–water partition coefficient (Wildman–Crippen LogP) is 4.30. The largest absolute Gasteiger partial charge is 0.303 e. The van der Waals surface area contributed by atoms with Gasteiger partial charge in [0.25, 0.3) is 0 Å². The van der Waals surface area contributed by atoms with Crippen molar-refractivity contribution in [2.75, 3.05) is 0 Å². The topological polar surface area (TPSA) is 39.2 Å². The molecule has 2 aliphatic rings. The summed E-state index contributed by atoms with van der Waals surface area (Å²) in [7, 11) is 1.98. The minimum absolute atomic E-state index is 0.134. The summed E-state index contributed by atoms with van der Waals surface area (Å²) in [6.07, 6.45) is 3.52. The van der Waals surface area contributed by atoms with Crippen molar-refractivity contribution >= 4 is 5.78 Å². The van der Waals surface area contributed by atoms with Crippen LogP contribution in [0.4, 0.5) is 0 Å². The Morgan fingerprint density at radius 1 is 1.27 bits per heavy atom. The summed E-state index contributed by atoms with van der Waals surface area (Å²) >= 11 is 0. The van der Waals surface area contributed by atoms with Crippen LogP contribution in [0.1, 0.15) is 37.1 Å². The molecule has 4 rings (SSSR count). The number of carbonyl (C=O) groups excluding carboxylic acids is 1. The van der Waals surface area contributed by atoms with E-state index in [9.17, 15) is 4.79 Å². The summed E-state index contributed by atoms with van der Waals surface area (Å²) in [6, 6.07) is 8.46. The zero-order valence-corrected chi connectivity index (χ0v) is 15.6. The van der Waals surface area contributed by atoms with Gasteiger partial charge in [-0.1, -0.05) is 29.8 Å². The number of carbonyl (C=O) groups is 1. The molecule has 0 bridgehead atoms. The van der Waals surface area contributed by atoms with E-state index >= 15 is 0 Å². The van der Waals surface area contributed by atoms with E-state index < -0.39 is 5.41 Å². The number of benzene rings is 1. The highest BCUT2D eigenvalue weighted by atomic mass is 16.1. The van der Waals surface area contributed by atoms with Crippen LogP contribution in [0, 0.1) is 13.5 Å². The summed E-state index contributed by atoms with van der Waals surface area (Å²) in [5, 5.41) is 4.87. The molecule has 0 N–H and O–H groups in total. The van der Waals surface area contributed by atoms with E-state index in [2.05, 4.69) is 43.0 Å². The van der Waals surface area contributed by atoms with Gasteiger partial charge in [0.1, 0.15) is 0 Å². The minimum atomic E-state index is -0.481. The number of Topliss-reactive ketones (excluding diaryl/α,β-unsaturated/α-hetero) is 1. The molecule has 4 heteroatoms. The first-order valence-electron chi connectivity index (χ1n) is 8.85. The third kappa shape index (κ3) is 2.13. The molecule has 0 aliphatic heterocycles. The highest BCUT2D eigenvalue weighted by molar-refractivity contribution is 6.11. The van der Waals surface area contributed by atoms with E-state index in [1.807, 2.05) is 24.7 Å². The summed E-state index contributed by atoms with van der Waals surface area (Å²) in [4.78, 5) is 15.9. The fourth-order valence-corrected chi connectivity index (χ4v) is 4.51. The highest BCUT2D eigenvalue weighted by Crippen LogP contribution is 2.48. The Bertz CT molecular complexity index is 1060. The van der Waals surface area contributed by atoms with Crippen molar-refractivity contribution in [2.24, 2.45) is 7.05 Å². The Morgan fingerprint density at radius 2 is 2.04 bits per heavy atom. The molecule has 0 unspecified atom stereocenters. The first-order valence-corrected chi connectivity index (χ1v) is 8.85. The van der Waals surface area contributed by atoms with Crippen LogP contribution in [0.2, 0.25) is 0 Å². The maximum absolute atomic E-state index is 12.4. The van der Waals surface area contributed by atoms with E-state index in [1.165, 1.54) is 11.1 Å². The van der Waals surface area contributed by atoms with Gasteiger partial charge < -0.3 is 4.79 Å². The Hall–Kier alpha value is -2.93. The molecule has 1 atom stereocenters. The number of aromatic nitrogens is 2. The van der Waals surface area contributed by atoms with Crippen LogP contribution in [0.5, 0.6) is 0 Å². The van der Waals surface area contributed by atoms with Crippen molar-refractivity contribution in [2.45, 2.75) is 39.0 Å². The van der Waals surface area contributed by atoms with E-state index in [0.717, 1.165) is 40.9 Å². The lowest BCUT2D eigenvalue weighted by Gasteiger charge is -2.37. The second kappa shape index (κ2) is 5.54. The van der Waals surface area contributed by atoms with Gasteiger partial charge in [0.15, 0.2) is 5.78 Å². The van der Waals surface area contributed by atoms with Gasteiger partial charge in [-0.2, -0.15) is 5.10 Å². The fourth-order valence-electron chi connectivity index (χ4n) is 4.51. The third-order valence-electron chi connectivity index (χ3n) is 5.75. The van der Waals surface area contributed by atoms with Gasteiger partial charge >= 0.3 is 0 Å². The Balaban J connectivity index is 1.98. The Labute approximate surface area is 153 Å². The quantitative estimate of drug-likeness (QED) is 0.724. The first kappa shape index (κ1) is 16.5. The molecule has 2 aromatic rings. The molecule has 1 heterocycles. The van der Waals surface area contributed by atoms with Gasteiger partial charge in [0.05, 0.1) is 18.0 Å². The van der Waals surface area contributed by atoms with E-state index in [-0.39, 0.29) is 11.5 Å². The lowest BCUT2D eigenvalue weighted by molar-refractivity contribution is -0.112. The normalized spacial score (nSPS) is 21.8. The molecule has 0 fully saturated rings. The van der Waals surface area contributed by atoms with E-state index in [0.29, 0.717) is 0 Å². The summed E-state index contributed by atoms with van der Waals surface area (Å²) in [6.45, 7) is 13.4. The van der Waals surface area contributed by atoms with Crippen LogP contribution in [0.3, 0.4) is 0 Å². The van der Waals surface area contributed by atoms with Gasteiger partial charge in [-0.25, -0.2) is 4.85 Å². The van der Waals surface area contributed by atoms with Crippen molar-refractivity contribution < 1.29 is 4.79 Å². The monoisotopic (exact) mass is 343 g/mol. The second-order valence-electron chi connectivity index (χ2n) is 7.45. The standard InChI is InChI=1S/C22H21N3O/c1-13-7-6-8-15(11-13)19-16-9-10-17-14(2)20(26)18(23-4)12-22(17,3)21(16)24-25(19)5/h6-8,11-12H,9-10H2,1-3,5H3/t22-/m0/s1. The molecule has 2 aliphatic carbocycles. The number of fused-ring (bicyclic) bond motifs is 3. The molecule has 0 spiro atoms. The average Bonchev–Trinajstić information content (AvgIpc) is 2.95. The van der Waals surface area contributed by atoms with Crippen molar-refractivity contribution in [3.8, 4) is 11.3 Å². The number of aryl methyl sites for hydroxylation is 2. The molecule has 4 nitrogen and oxygen atoms in total. The predicted molar refractivity (Wildman–Crippen MR) is 101 cm³/mol. The lowest BCUT2D eigenvalue weighted by Crippen LogP contribution is -2.34. The summed E-state index contributed by atoms with van der Waals surface area (Å²) in [5.74, 6) is -0.134. The molecule has 0 saturated heterocycles. The van der Waals surface area contributed by atoms with Gasteiger partial charge in [-0.05, 0) is 50.8 Å². The van der Waals surface area contributed by atoms with Gasteiger partial charge in [0.2, 0.25) is 5.70 Å². The molecular formula is C22H21N3O. The van der Waals surface area contributed by atoms with Crippen LogP contribution < -0.4 is 0 Å². The van der Waals surface area contributed by atoms with E-state index in [1.54, 1.807) is 0 Å². The molecular weight excluding hydrogens is 322 g/mol. The number of hydrogen-bond donors (Lipinski definition) is 0. The number of rotatable bonds is 1. The highest BCUT2D eigenvalue weighted by Gasteiger charge is 2.44. The minimum Gasteiger partial charge on any atom is -0.303 e. The van der Waals surface area contributed by atoms with Gasteiger partial charge in [-0.3, -0.25) is 4.68 Å². The zero-order valence-electron chi connectivity index (χ0n) is 15.6. The van der Waals surface area contributed by atoms with E-state index in [4.69, 9.17) is 11.7 Å². The maximum atomic E-state index is 12.4. The number of ketones is 1. The van der Waals surface area contributed by atoms with Gasteiger partial charge in [-0.15, -0.1) is 0 Å². The molecule has 0 amide bonds. The van der Waals surface area contributed by atoms with Crippen LogP contribution in [0.15, 0.2) is 47.2 Å². The number of nitrogens with zero attached hydrogens (tertiary/aromatic N) is 3. The zero-order chi connectivity index (χ0) is 18.6. The maximum Gasteiger partial charge on any atom is 0.231 e. The SMILES string of the molecule is [C-]#[N+]C1=C[C@@]2(C)C(=C(C)C1=O)CCc1c2nn(C)c1-c1cccc(C)c1. The van der Waals surface area contributed by atoms with Gasteiger partial charge in [0, 0.05) is 23.6 Å². The molecule has 1 aromatic heterocycles. The van der Waals surface area contributed by atoms with Crippen molar-refractivity contribution in [3.05, 3.63) is 75.4 Å². The van der Waals surface area contributed by atoms with Crippen LogP contribution in [0.25, 0.3) is 16.1 Å². The molecule has 1 aromatic carbocycles. The molecule has 0 saturated carbocycles.